The molecular weight excluding hydrogens is 751 g/mol. The van der Waals surface area contributed by atoms with Crippen LogP contribution in [0.15, 0.2) is 109 Å². The molecule has 0 aliphatic carbocycles. The first-order valence-corrected chi connectivity index (χ1v) is 20.6. The molecule has 2 aliphatic rings. The fourth-order valence-electron chi connectivity index (χ4n) is 8.69. The first-order valence-electron chi connectivity index (χ1n) is 20.6. The number of anilines is 1. The first-order chi connectivity index (χ1) is 28.1. The third-order valence-corrected chi connectivity index (χ3v) is 11.6. The number of hydrogen-bond acceptors (Lipinski definition) is 6. The number of ketones is 2. The normalized spacial score (nSPS) is 17.1. The minimum atomic E-state index is -0.594. The number of amides is 3. The topological polar surface area (TPSA) is 123 Å². The molecule has 3 heterocycles. The largest absolute Gasteiger partial charge is 0.355 e. The number of Topliss-reactive ketones (excluding diaryl/α,β-unsaturated/α-hetero) is 2. The van der Waals surface area contributed by atoms with Gasteiger partial charge in [-0.1, -0.05) is 101 Å². The second-order valence-electron chi connectivity index (χ2n) is 15.9. The van der Waals surface area contributed by atoms with E-state index >= 15 is 0 Å². The molecule has 4 aromatic carbocycles. The molecule has 2 fully saturated rings. The number of aromatic amines is 1. The SMILES string of the molecule is C.C.CCCC(=O)C[C@@H](C(=O)N1CCC[C@H]1C(=O)Cc1ccc2[nH]c(-c3ccc(NC(=O)[C@@H]4CCCN4C(=O)[C@@H](c4ccccc4)N(C)C)cc3)cc2c1)c1ccccc1. The van der Waals surface area contributed by atoms with E-state index in [2.05, 4.69) is 16.4 Å². The van der Waals surface area contributed by atoms with E-state index in [-0.39, 0.29) is 57.0 Å². The average Bonchev–Trinajstić information content (AvgIpc) is 4.01. The fourth-order valence-corrected chi connectivity index (χ4v) is 8.69. The highest BCUT2D eigenvalue weighted by Crippen LogP contribution is 2.32. The second-order valence-corrected chi connectivity index (χ2v) is 15.9. The second kappa shape index (κ2) is 20.4. The average molecular weight is 812 g/mol. The fraction of sp³-hybridized carbons (Fsp3) is 0.380. The summed E-state index contributed by atoms with van der Waals surface area (Å²) >= 11 is 0. The molecule has 2 N–H and O–H groups in total. The summed E-state index contributed by atoms with van der Waals surface area (Å²) in [4.78, 5) is 76.7. The lowest BCUT2D eigenvalue weighted by atomic mass is 9.90. The molecule has 60 heavy (non-hydrogen) atoms. The summed E-state index contributed by atoms with van der Waals surface area (Å²) in [5.74, 6) is -0.940. The Morgan fingerprint density at radius 3 is 2.00 bits per heavy atom. The number of rotatable bonds is 15. The lowest BCUT2D eigenvalue weighted by molar-refractivity contribution is -0.140. The van der Waals surface area contributed by atoms with Crippen LogP contribution in [0.4, 0.5) is 5.69 Å². The van der Waals surface area contributed by atoms with Crippen LogP contribution in [0, 0.1) is 0 Å². The van der Waals surface area contributed by atoms with Crippen molar-refractivity contribution < 1.29 is 24.0 Å². The quantitative estimate of drug-likeness (QED) is 0.109. The zero-order valence-corrected chi connectivity index (χ0v) is 33.7. The van der Waals surface area contributed by atoms with Crippen molar-refractivity contribution in [3.63, 3.8) is 0 Å². The molecule has 7 rings (SSSR count). The number of H-pyrrole nitrogens is 1. The predicted octanol–water partition coefficient (Wildman–Crippen LogP) is 8.99. The van der Waals surface area contributed by atoms with Gasteiger partial charge in [0, 0.05) is 54.6 Å². The van der Waals surface area contributed by atoms with E-state index in [1.54, 1.807) is 9.80 Å². The maximum absolute atomic E-state index is 14.0. The predicted molar refractivity (Wildman–Crippen MR) is 241 cm³/mol. The highest BCUT2D eigenvalue weighted by atomic mass is 16.2. The highest BCUT2D eigenvalue weighted by Gasteiger charge is 2.39. The molecule has 3 amide bonds. The van der Waals surface area contributed by atoms with Crippen LogP contribution in [0.3, 0.4) is 0 Å². The van der Waals surface area contributed by atoms with Gasteiger partial charge in [0.05, 0.1) is 12.0 Å². The number of carbonyl (C=O) groups is 5. The Kier molecular flexibility index (Phi) is 15.4. The van der Waals surface area contributed by atoms with Crippen molar-refractivity contribution in [2.45, 2.75) is 97.2 Å². The summed E-state index contributed by atoms with van der Waals surface area (Å²) < 4.78 is 0. The Balaban J connectivity index is 0.00000341. The molecule has 5 aromatic rings. The van der Waals surface area contributed by atoms with Crippen LogP contribution >= 0.6 is 0 Å². The van der Waals surface area contributed by atoms with Crippen molar-refractivity contribution in [3.8, 4) is 11.3 Å². The van der Waals surface area contributed by atoms with Gasteiger partial charge in [-0.15, -0.1) is 0 Å². The van der Waals surface area contributed by atoms with Crippen molar-refractivity contribution in [1.29, 1.82) is 0 Å². The molecule has 316 valence electrons. The van der Waals surface area contributed by atoms with Crippen LogP contribution in [-0.4, -0.2) is 88.2 Å². The maximum atomic E-state index is 14.0. The monoisotopic (exact) mass is 811 g/mol. The number of likely N-dealkylation sites (N-methyl/N-ethyl adjacent to an activating group) is 1. The third-order valence-electron chi connectivity index (χ3n) is 11.6. The van der Waals surface area contributed by atoms with E-state index in [1.165, 1.54) is 0 Å². The van der Waals surface area contributed by atoms with Gasteiger partial charge in [0.15, 0.2) is 5.78 Å². The first kappa shape index (κ1) is 45.2. The Labute approximate surface area is 355 Å². The molecule has 1 aromatic heterocycles. The number of nitrogens with zero attached hydrogens (tertiary/aromatic N) is 3. The van der Waals surface area contributed by atoms with Gasteiger partial charge in [-0.2, -0.15) is 0 Å². The number of aromatic nitrogens is 1. The van der Waals surface area contributed by atoms with Crippen LogP contribution in [0.5, 0.6) is 0 Å². The summed E-state index contributed by atoms with van der Waals surface area (Å²) in [6, 6.07) is 33.2. The summed E-state index contributed by atoms with van der Waals surface area (Å²) in [7, 11) is 3.77. The summed E-state index contributed by atoms with van der Waals surface area (Å²) in [5.41, 5.74) is 6.00. The molecule has 10 heteroatoms. The van der Waals surface area contributed by atoms with E-state index in [9.17, 15) is 24.0 Å². The van der Waals surface area contributed by atoms with Crippen molar-refractivity contribution in [3.05, 3.63) is 126 Å². The number of fused-ring (bicyclic) bond motifs is 1. The number of nitrogens with one attached hydrogen (secondary N) is 2. The molecule has 0 saturated carbocycles. The van der Waals surface area contributed by atoms with E-state index in [0.29, 0.717) is 38.0 Å². The van der Waals surface area contributed by atoms with Gasteiger partial charge in [0.2, 0.25) is 17.7 Å². The van der Waals surface area contributed by atoms with Gasteiger partial charge in [0.25, 0.3) is 0 Å². The van der Waals surface area contributed by atoms with Gasteiger partial charge < -0.3 is 20.1 Å². The van der Waals surface area contributed by atoms with E-state index in [1.807, 2.05) is 129 Å². The van der Waals surface area contributed by atoms with Crippen molar-refractivity contribution in [1.82, 2.24) is 19.7 Å². The van der Waals surface area contributed by atoms with Gasteiger partial charge in [-0.3, -0.25) is 28.9 Å². The highest BCUT2D eigenvalue weighted by molar-refractivity contribution is 5.99. The van der Waals surface area contributed by atoms with Crippen LogP contribution in [0.1, 0.15) is 95.4 Å². The van der Waals surface area contributed by atoms with E-state index in [4.69, 9.17) is 0 Å². The van der Waals surface area contributed by atoms with Crippen molar-refractivity contribution in [2.24, 2.45) is 0 Å². The standard InChI is InChI=1S/C48H53N5O5.2CH4/c1-4-13-38(54)31-39(33-14-7-5-8-15-33)47(57)52-26-11-18-42(52)44(55)29-32-20-25-40-36(28-32)30-41(50-40)34-21-23-37(24-22-34)49-46(56)43-19-12-27-53(43)48(58)45(51(2)3)35-16-9-6-10-17-35;;/h5-10,14-17,20-25,28,30,39,42-43,45,50H,4,11-13,18-19,26-27,29,31H2,1-3H3,(H,49,56);2*1H4/t39-,42+,43+,45-;;/m1../s1. The van der Waals surface area contributed by atoms with Gasteiger partial charge in [-0.25, -0.2) is 0 Å². The number of carbonyl (C=O) groups excluding carboxylic acids is 5. The minimum absolute atomic E-state index is 0. The maximum Gasteiger partial charge on any atom is 0.247 e. The van der Waals surface area contributed by atoms with Gasteiger partial charge in [-0.05, 0) is 98.8 Å². The molecule has 2 aliphatic heterocycles. The summed E-state index contributed by atoms with van der Waals surface area (Å²) in [5, 5.41) is 4.01. The van der Waals surface area contributed by atoms with Crippen molar-refractivity contribution >= 4 is 45.9 Å². The molecule has 0 radical (unpaired) electrons. The lowest BCUT2D eigenvalue weighted by Gasteiger charge is -2.31. The number of hydrogen-bond donors (Lipinski definition) is 2. The van der Waals surface area contributed by atoms with Gasteiger partial charge in [0.1, 0.15) is 17.9 Å². The molecule has 10 nitrogen and oxygen atoms in total. The minimum Gasteiger partial charge on any atom is -0.355 e. The molecular formula is C50H61N5O5. The zero-order valence-electron chi connectivity index (χ0n) is 33.7. The Hall–Kier alpha value is -5.87. The molecule has 4 atom stereocenters. The van der Waals surface area contributed by atoms with Crippen LogP contribution in [0.2, 0.25) is 0 Å². The smallest absolute Gasteiger partial charge is 0.247 e. The summed E-state index contributed by atoms with van der Waals surface area (Å²) in [6.07, 6.45) is 4.26. The van der Waals surface area contributed by atoms with Crippen LogP contribution in [0.25, 0.3) is 22.2 Å². The van der Waals surface area contributed by atoms with E-state index in [0.717, 1.165) is 58.1 Å². The number of likely N-dealkylation sites (tertiary alicyclic amines) is 2. The van der Waals surface area contributed by atoms with Crippen molar-refractivity contribution in [2.75, 3.05) is 32.5 Å². The zero-order chi connectivity index (χ0) is 40.8. The molecule has 0 unspecified atom stereocenters. The van der Waals surface area contributed by atoms with Gasteiger partial charge >= 0.3 is 0 Å². The van der Waals surface area contributed by atoms with Crippen LogP contribution in [-0.2, 0) is 30.4 Å². The van der Waals surface area contributed by atoms with Crippen LogP contribution < -0.4 is 5.32 Å². The van der Waals surface area contributed by atoms with E-state index < -0.39 is 24.0 Å². The Morgan fingerprint density at radius 1 is 0.750 bits per heavy atom. The molecule has 0 bridgehead atoms. The summed E-state index contributed by atoms with van der Waals surface area (Å²) in [6.45, 7) is 3.01. The Bertz CT molecular complexity index is 2250. The lowest BCUT2D eigenvalue weighted by Crippen LogP contribution is -2.47. The Morgan fingerprint density at radius 2 is 1.37 bits per heavy atom. The molecule has 2 saturated heterocycles. The number of benzene rings is 4. The molecule has 0 spiro atoms. The third kappa shape index (κ3) is 10.1.